The van der Waals surface area contributed by atoms with E-state index in [9.17, 15) is 8.42 Å². The lowest BCUT2D eigenvalue weighted by Crippen LogP contribution is -2.35. The largest absolute Gasteiger partial charge is 0.494 e. The van der Waals surface area contributed by atoms with Gasteiger partial charge in [-0.05, 0) is 58.2 Å². The van der Waals surface area contributed by atoms with Gasteiger partial charge < -0.3 is 14.2 Å². The van der Waals surface area contributed by atoms with E-state index in [1.165, 1.54) is 0 Å². The van der Waals surface area contributed by atoms with Gasteiger partial charge in [0, 0.05) is 18.3 Å². The monoisotopic (exact) mass is 530 g/mol. The topological polar surface area (TPSA) is 130 Å². The van der Waals surface area contributed by atoms with E-state index in [1.54, 1.807) is 56.3 Å². The molecular formula is C25H34N6O5S. The van der Waals surface area contributed by atoms with E-state index in [-0.39, 0.29) is 18.0 Å². The van der Waals surface area contributed by atoms with Crippen LogP contribution in [0.25, 0.3) is 5.69 Å². The predicted octanol–water partition coefficient (Wildman–Crippen LogP) is 3.95. The van der Waals surface area contributed by atoms with Crippen LogP contribution >= 0.6 is 0 Å². The van der Waals surface area contributed by atoms with E-state index < -0.39 is 21.4 Å². The standard InChI is InChI=1S/C25H34N6O5S/c1-15(2)36-22(23-26-13-16(3)14-27-23)17(4)37(32,33)30-25-29-28-24(18-9-7-10-18)31(25)21-19(34-5)11-8-12-20(21)35-6/h8,11-15,17-18,22H,7,9-10H2,1-6H3,(H,29,30). The highest BCUT2D eigenvalue weighted by Crippen LogP contribution is 2.42. The summed E-state index contributed by atoms with van der Waals surface area (Å²) >= 11 is 0. The van der Waals surface area contributed by atoms with Crippen molar-refractivity contribution in [2.75, 3.05) is 18.9 Å². The van der Waals surface area contributed by atoms with E-state index in [4.69, 9.17) is 14.2 Å². The number of ether oxygens (including phenoxy) is 3. The molecule has 37 heavy (non-hydrogen) atoms. The van der Waals surface area contributed by atoms with Crippen molar-refractivity contribution in [1.29, 1.82) is 0 Å². The third-order valence-corrected chi connectivity index (χ3v) is 8.10. The number of methoxy groups -OCH3 is 2. The summed E-state index contributed by atoms with van der Waals surface area (Å²) in [5.41, 5.74) is 1.39. The first-order valence-corrected chi connectivity index (χ1v) is 13.8. The summed E-state index contributed by atoms with van der Waals surface area (Å²) < 4.78 is 49.0. The quantitative estimate of drug-likeness (QED) is 0.391. The average Bonchev–Trinajstić information content (AvgIpc) is 3.22. The number of aryl methyl sites for hydroxylation is 1. The number of rotatable bonds is 11. The molecule has 1 aliphatic carbocycles. The number of aromatic nitrogens is 5. The Morgan fingerprint density at radius 3 is 2.16 bits per heavy atom. The number of hydrogen-bond donors (Lipinski definition) is 1. The van der Waals surface area contributed by atoms with Crippen LogP contribution < -0.4 is 14.2 Å². The van der Waals surface area contributed by atoms with Gasteiger partial charge in [0.05, 0.1) is 20.3 Å². The van der Waals surface area contributed by atoms with Crippen molar-refractivity contribution in [3.63, 3.8) is 0 Å². The van der Waals surface area contributed by atoms with Crippen molar-refractivity contribution in [3.8, 4) is 17.2 Å². The second-order valence-electron chi connectivity index (χ2n) is 9.43. The van der Waals surface area contributed by atoms with Crippen LogP contribution in [0.4, 0.5) is 5.95 Å². The number of para-hydroxylation sites is 1. The minimum atomic E-state index is -4.05. The Morgan fingerprint density at radius 1 is 1.03 bits per heavy atom. The Balaban J connectivity index is 1.77. The molecule has 2 atom stereocenters. The zero-order valence-corrected chi connectivity index (χ0v) is 22.8. The number of anilines is 1. The molecule has 2 unspecified atom stereocenters. The first-order valence-electron chi connectivity index (χ1n) is 12.3. The molecule has 0 radical (unpaired) electrons. The van der Waals surface area contributed by atoms with E-state index in [0.717, 1.165) is 24.8 Å². The molecule has 0 spiro atoms. The molecule has 1 N–H and O–H groups in total. The van der Waals surface area contributed by atoms with E-state index in [2.05, 4.69) is 24.9 Å². The van der Waals surface area contributed by atoms with E-state index in [0.29, 0.717) is 28.8 Å². The molecule has 0 amide bonds. The molecule has 4 rings (SSSR count). The minimum absolute atomic E-state index is 0.0460. The minimum Gasteiger partial charge on any atom is -0.494 e. The van der Waals surface area contributed by atoms with Gasteiger partial charge in [0.1, 0.15) is 34.4 Å². The fraction of sp³-hybridized carbons (Fsp3) is 0.520. The summed E-state index contributed by atoms with van der Waals surface area (Å²) in [6.07, 6.45) is 5.08. The van der Waals surface area contributed by atoms with Crippen molar-refractivity contribution >= 4 is 16.0 Å². The lowest BCUT2D eigenvalue weighted by molar-refractivity contribution is 0.00152. The normalized spacial score (nSPS) is 15.8. The molecule has 1 aromatic carbocycles. The van der Waals surface area contributed by atoms with Gasteiger partial charge >= 0.3 is 0 Å². The molecule has 3 aromatic rings. The van der Waals surface area contributed by atoms with Crippen LogP contribution in [0, 0.1) is 6.92 Å². The van der Waals surface area contributed by atoms with Crippen LogP contribution in [0.3, 0.4) is 0 Å². The highest BCUT2D eigenvalue weighted by Gasteiger charge is 2.37. The summed E-state index contributed by atoms with van der Waals surface area (Å²) in [7, 11) is -0.950. The van der Waals surface area contributed by atoms with Crippen molar-refractivity contribution in [1.82, 2.24) is 24.7 Å². The van der Waals surface area contributed by atoms with E-state index in [1.807, 2.05) is 20.8 Å². The van der Waals surface area contributed by atoms with Gasteiger partial charge in [0.15, 0.2) is 5.82 Å². The zero-order valence-electron chi connectivity index (χ0n) is 22.0. The number of benzene rings is 1. The fourth-order valence-electron chi connectivity index (χ4n) is 4.17. The number of nitrogens with one attached hydrogen (secondary N) is 1. The molecule has 1 fully saturated rings. The van der Waals surface area contributed by atoms with Gasteiger partial charge in [-0.15, -0.1) is 10.2 Å². The summed E-state index contributed by atoms with van der Waals surface area (Å²) in [6, 6.07) is 5.37. The smallest absolute Gasteiger partial charge is 0.243 e. The van der Waals surface area contributed by atoms with Crippen molar-refractivity contribution < 1.29 is 22.6 Å². The molecule has 12 heteroatoms. The van der Waals surface area contributed by atoms with Gasteiger partial charge in [0.25, 0.3) is 0 Å². The Labute approximate surface area is 217 Å². The summed E-state index contributed by atoms with van der Waals surface area (Å²) in [5, 5.41) is 7.60. The molecule has 2 aromatic heterocycles. The molecule has 11 nitrogen and oxygen atoms in total. The molecule has 200 valence electrons. The Kier molecular flexibility index (Phi) is 7.98. The van der Waals surface area contributed by atoms with Gasteiger partial charge in [-0.1, -0.05) is 12.5 Å². The van der Waals surface area contributed by atoms with Crippen LogP contribution in [0.2, 0.25) is 0 Å². The summed E-state index contributed by atoms with van der Waals surface area (Å²) in [6.45, 7) is 7.10. The Morgan fingerprint density at radius 2 is 1.65 bits per heavy atom. The third-order valence-electron chi connectivity index (χ3n) is 6.41. The van der Waals surface area contributed by atoms with Gasteiger partial charge in [-0.25, -0.2) is 18.4 Å². The summed E-state index contributed by atoms with van der Waals surface area (Å²) in [4.78, 5) is 8.67. The molecule has 0 aliphatic heterocycles. The van der Waals surface area contributed by atoms with Crippen molar-refractivity contribution in [3.05, 3.63) is 47.8 Å². The van der Waals surface area contributed by atoms with Crippen LogP contribution in [-0.2, 0) is 14.8 Å². The van der Waals surface area contributed by atoms with Crippen LogP contribution in [0.5, 0.6) is 11.5 Å². The molecule has 0 bridgehead atoms. The highest BCUT2D eigenvalue weighted by atomic mass is 32.2. The molecule has 0 saturated heterocycles. The Hall–Kier alpha value is -3.25. The first-order chi connectivity index (χ1) is 17.7. The van der Waals surface area contributed by atoms with Gasteiger partial charge in [0.2, 0.25) is 16.0 Å². The molecule has 2 heterocycles. The van der Waals surface area contributed by atoms with Crippen LogP contribution in [0.1, 0.15) is 69.3 Å². The maximum absolute atomic E-state index is 13.7. The highest BCUT2D eigenvalue weighted by molar-refractivity contribution is 7.93. The lowest BCUT2D eigenvalue weighted by Gasteiger charge is -2.27. The van der Waals surface area contributed by atoms with Crippen LogP contribution in [0.15, 0.2) is 30.6 Å². The van der Waals surface area contributed by atoms with Crippen molar-refractivity contribution in [2.45, 2.75) is 70.3 Å². The SMILES string of the molecule is COc1cccc(OC)c1-n1c(NS(=O)(=O)C(C)C(OC(C)C)c2ncc(C)cn2)nnc1C1CCC1. The number of nitrogens with zero attached hydrogens (tertiary/aromatic N) is 5. The Bertz CT molecular complexity index is 1300. The fourth-order valence-corrected chi connectivity index (χ4v) is 5.26. The first kappa shape index (κ1) is 26.8. The van der Waals surface area contributed by atoms with Gasteiger partial charge in [-0.3, -0.25) is 9.29 Å². The number of hydrogen-bond acceptors (Lipinski definition) is 9. The number of sulfonamides is 1. The molecule has 1 saturated carbocycles. The zero-order chi connectivity index (χ0) is 26.7. The van der Waals surface area contributed by atoms with Crippen LogP contribution in [-0.4, -0.2) is 58.7 Å². The third kappa shape index (κ3) is 5.54. The maximum atomic E-state index is 13.7. The second kappa shape index (κ2) is 11.0. The lowest BCUT2D eigenvalue weighted by atomic mass is 9.85. The van der Waals surface area contributed by atoms with E-state index >= 15 is 0 Å². The predicted molar refractivity (Wildman–Crippen MR) is 139 cm³/mol. The second-order valence-corrected chi connectivity index (χ2v) is 11.5. The molecular weight excluding hydrogens is 496 g/mol. The maximum Gasteiger partial charge on any atom is 0.243 e. The van der Waals surface area contributed by atoms with Crippen molar-refractivity contribution in [2.24, 2.45) is 0 Å². The summed E-state index contributed by atoms with van der Waals surface area (Å²) in [5.74, 6) is 2.14. The average molecular weight is 531 g/mol. The van der Waals surface area contributed by atoms with Gasteiger partial charge in [-0.2, -0.15) is 0 Å². The molecule has 1 aliphatic rings.